The zero-order chi connectivity index (χ0) is 23.9. The summed E-state index contributed by atoms with van der Waals surface area (Å²) in [6, 6.07) is 0. The van der Waals surface area contributed by atoms with Crippen molar-refractivity contribution in [3.05, 3.63) is 37.0 Å². The average Bonchev–Trinajstić information content (AvgIpc) is 2.83. The molecule has 0 rings (SSSR count). The highest BCUT2D eigenvalue weighted by Gasteiger charge is 1.96. The number of allylic oxidation sites excluding steroid dienone is 5. The van der Waals surface area contributed by atoms with Crippen LogP contribution in [0.5, 0.6) is 0 Å². The normalized spacial score (nSPS) is 11.8. The fourth-order valence-corrected chi connectivity index (χ4v) is 4.72. The number of unbranched alkanes of at least 4 members (excludes halogenated alkanes) is 25. The Labute approximate surface area is 210 Å². The second kappa shape index (κ2) is 31.2. The summed E-state index contributed by atoms with van der Waals surface area (Å²) in [6.45, 7) is 5.98. The van der Waals surface area contributed by atoms with Crippen molar-refractivity contribution in [1.29, 1.82) is 0 Å². The van der Waals surface area contributed by atoms with Gasteiger partial charge in [-0.15, -0.1) is 0 Å². The first-order chi connectivity index (χ1) is 16.4. The monoisotopic (exact) mass is 458 g/mol. The van der Waals surface area contributed by atoms with Gasteiger partial charge in [0.25, 0.3) is 0 Å². The summed E-state index contributed by atoms with van der Waals surface area (Å²) in [5.74, 6) is 0. The number of hydrogen-bond acceptors (Lipinski definition) is 0. The lowest BCUT2D eigenvalue weighted by molar-refractivity contribution is 0.516. The molecule has 0 fully saturated rings. The largest absolute Gasteiger partial charge is 0.0991 e. The van der Waals surface area contributed by atoms with Crippen molar-refractivity contribution in [2.24, 2.45) is 0 Å². The molecule has 0 aliphatic carbocycles. The Hall–Kier alpha value is -0.780. The molecule has 0 aromatic heterocycles. The average molecular weight is 459 g/mol. The summed E-state index contributed by atoms with van der Waals surface area (Å²) < 4.78 is 0. The minimum atomic E-state index is 1.22. The molecule has 0 aromatic carbocycles. The van der Waals surface area contributed by atoms with Crippen molar-refractivity contribution in [2.75, 3.05) is 0 Å². The zero-order valence-electron chi connectivity index (χ0n) is 23.0. The predicted octanol–water partition coefficient (Wildman–Crippen LogP) is 12.4. The molecule has 0 amide bonds. The second-order valence-corrected chi connectivity index (χ2v) is 10.3. The molecule has 0 nitrogen and oxygen atoms in total. The molecule has 0 unspecified atom stereocenters. The molecule has 33 heavy (non-hydrogen) atoms. The van der Waals surface area contributed by atoms with E-state index in [4.69, 9.17) is 0 Å². The first-order valence-corrected chi connectivity index (χ1v) is 15.4. The van der Waals surface area contributed by atoms with Gasteiger partial charge in [-0.25, -0.2) is 0 Å². The van der Waals surface area contributed by atoms with E-state index in [0.717, 1.165) is 0 Å². The molecule has 0 saturated heterocycles. The van der Waals surface area contributed by atoms with Gasteiger partial charge < -0.3 is 0 Å². The maximum atomic E-state index is 3.68. The molecule has 194 valence electrons. The van der Waals surface area contributed by atoms with Crippen LogP contribution in [0, 0.1) is 0 Å². The van der Waals surface area contributed by atoms with Gasteiger partial charge in [0.05, 0.1) is 0 Å². The third-order valence-corrected chi connectivity index (χ3v) is 6.97. The molecule has 0 heterocycles. The van der Waals surface area contributed by atoms with E-state index in [0.29, 0.717) is 0 Å². The highest BCUT2D eigenvalue weighted by molar-refractivity contribution is 5.08. The quantitative estimate of drug-likeness (QED) is 0.0807. The highest BCUT2D eigenvalue weighted by atomic mass is 14.0. The van der Waals surface area contributed by atoms with Crippen LogP contribution in [0.4, 0.5) is 0 Å². The van der Waals surface area contributed by atoms with E-state index in [-0.39, 0.29) is 0 Å². The van der Waals surface area contributed by atoms with Gasteiger partial charge in [-0.05, 0) is 12.8 Å². The molecular weight excluding hydrogens is 396 g/mol. The van der Waals surface area contributed by atoms with Gasteiger partial charge in [-0.1, -0.05) is 198 Å². The van der Waals surface area contributed by atoms with E-state index in [1.165, 1.54) is 167 Å². The van der Waals surface area contributed by atoms with E-state index in [9.17, 15) is 0 Å². The summed E-state index contributed by atoms with van der Waals surface area (Å²) in [7, 11) is 0. The Bertz CT molecular complexity index is 402. The van der Waals surface area contributed by atoms with Crippen LogP contribution >= 0.6 is 0 Å². The van der Waals surface area contributed by atoms with Gasteiger partial charge >= 0.3 is 0 Å². The standard InChI is InChI=1S/C33H62/c1-3-5-7-9-11-13-15-17-19-21-23-25-27-29-31-33-32-30-28-26-24-22-20-18-16-14-12-10-8-6-4-2/h3,5,7,9,11H,1,4,6,8,10,12-33H2,2H3. The van der Waals surface area contributed by atoms with Crippen LogP contribution in [-0.2, 0) is 0 Å². The minimum absolute atomic E-state index is 1.22. The first kappa shape index (κ1) is 32.2. The Kier molecular flexibility index (Phi) is 30.5. The molecule has 0 bridgehead atoms. The SMILES string of the molecule is C=CC=CC=CCCCCCCCCCCCCCCCCCCCCCCCCCCC. The number of rotatable bonds is 28. The van der Waals surface area contributed by atoms with Crippen LogP contribution in [0.3, 0.4) is 0 Å². The third-order valence-electron chi connectivity index (χ3n) is 6.97. The van der Waals surface area contributed by atoms with Crippen LogP contribution in [0.25, 0.3) is 0 Å². The van der Waals surface area contributed by atoms with Crippen LogP contribution in [0.15, 0.2) is 37.0 Å². The van der Waals surface area contributed by atoms with E-state index in [2.05, 4.69) is 31.7 Å². The van der Waals surface area contributed by atoms with Gasteiger partial charge in [0, 0.05) is 0 Å². The van der Waals surface area contributed by atoms with Crippen molar-refractivity contribution in [2.45, 2.75) is 174 Å². The third kappa shape index (κ3) is 31.2. The maximum absolute atomic E-state index is 3.68. The molecule has 0 aliphatic heterocycles. The lowest BCUT2D eigenvalue weighted by Gasteiger charge is -2.04. The van der Waals surface area contributed by atoms with Crippen molar-refractivity contribution in [3.63, 3.8) is 0 Å². The molecule has 0 radical (unpaired) electrons. The van der Waals surface area contributed by atoms with Crippen molar-refractivity contribution < 1.29 is 0 Å². The Balaban J connectivity index is 3.04. The molecule has 0 heteroatoms. The topological polar surface area (TPSA) is 0 Å². The van der Waals surface area contributed by atoms with Gasteiger partial charge in [-0.3, -0.25) is 0 Å². The Morgan fingerprint density at radius 3 is 0.970 bits per heavy atom. The Morgan fingerprint density at radius 2 is 0.667 bits per heavy atom. The maximum Gasteiger partial charge on any atom is -0.0348 e. The second-order valence-electron chi connectivity index (χ2n) is 10.3. The van der Waals surface area contributed by atoms with Crippen LogP contribution in [0.2, 0.25) is 0 Å². The summed E-state index contributed by atoms with van der Waals surface area (Å²) in [6.07, 6.45) is 48.0. The molecule has 0 saturated carbocycles. The molecule has 0 aromatic rings. The molecule has 0 aliphatic rings. The van der Waals surface area contributed by atoms with Crippen LogP contribution in [0.1, 0.15) is 174 Å². The summed E-state index contributed by atoms with van der Waals surface area (Å²) in [5, 5.41) is 0. The zero-order valence-corrected chi connectivity index (χ0v) is 23.0. The van der Waals surface area contributed by atoms with Gasteiger partial charge in [-0.2, -0.15) is 0 Å². The van der Waals surface area contributed by atoms with E-state index in [1.54, 1.807) is 0 Å². The van der Waals surface area contributed by atoms with E-state index >= 15 is 0 Å². The van der Waals surface area contributed by atoms with Crippen molar-refractivity contribution in [1.82, 2.24) is 0 Å². The first-order valence-electron chi connectivity index (χ1n) is 15.4. The number of hydrogen-bond donors (Lipinski definition) is 0. The van der Waals surface area contributed by atoms with E-state index < -0.39 is 0 Å². The fraction of sp³-hybridized carbons (Fsp3) is 0.818. The summed E-state index contributed by atoms with van der Waals surface area (Å²) in [4.78, 5) is 0. The van der Waals surface area contributed by atoms with Crippen LogP contribution < -0.4 is 0 Å². The van der Waals surface area contributed by atoms with Gasteiger partial charge in [0.15, 0.2) is 0 Å². The highest BCUT2D eigenvalue weighted by Crippen LogP contribution is 2.16. The molecule has 0 atom stereocenters. The predicted molar refractivity (Wildman–Crippen MR) is 154 cm³/mol. The molecule has 0 spiro atoms. The van der Waals surface area contributed by atoms with Gasteiger partial charge in [0.2, 0.25) is 0 Å². The smallest absolute Gasteiger partial charge is 0.0348 e. The lowest BCUT2D eigenvalue weighted by atomic mass is 10.0. The molecule has 0 N–H and O–H groups in total. The summed E-state index contributed by atoms with van der Waals surface area (Å²) in [5.41, 5.74) is 0. The van der Waals surface area contributed by atoms with E-state index in [1.807, 2.05) is 12.2 Å². The van der Waals surface area contributed by atoms with Crippen LogP contribution in [-0.4, -0.2) is 0 Å². The lowest BCUT2D eigenvalue weighted by Crippen LogP contribution is -1.84. The van der Waals surface area contributed by atoms with Crippen molar-refractivity contribution >= 4 is 0 Å². The van der Waals surface area contributed by atoms with Crippen molar-refractivity contribution in [3.8, 4) is 0 Å². The summed E-state index contributed by atoms with van der Waals surface area (Å²) >= 11 is 0. The fourth-order valence-electron chi connectivity index (χ4n) is 4.72. The molecular formula is C33H62. The van der Waals surface area contributed by atoms with Gasteiger partial charge in [0.1, 0.15) is 0 Å². The Morgan fingerprint density at radius 1 is 0.364 bits per heavy atom. The minimum Gasteiger partial charge on any atom is -0.0991 e.